The van der Waals surface area contributed by atoms with Gasteiger partial charge in [-0.25, -0.2) is 27.0 Å². The molecule has 0 spiro atoms. The predicted molar refractivity (Wildman–Crippen MR) is 111 cm³/mol. The lowest BCUT2D eigenvalue weighted by molar-refractivity contribution is 0.493. The summed E-state index contributed by atoms with van der Waals surface area (Å²) in [5, 5.41) is 5.18. The number of rotatable bonds is 4. The number of benzene rings is 2. The van der Waals surface area contributed by atoms with Crippen molar-refractivity contribution in [3.63, 3.8) is 0 Å². The van der Waals surface area contributed by atoms with Crippen LogP contribution in [0.2, 0.25) is 0 Å². The maximum absolute atomic E-state index is 12.4. The normalized spacial score (nSPS) is 18.3. The highest BCUT2D eigenvalue weighted by molar-refractivity contribution is 7.91. The van der Waals surface area contributed by atoms with Crippen LogP contribution in [-0.2, 0) is 19.9 Å². The second-order valence-electron chi connectivity index (χ2n) is 7.37. The molecule has 4 rings (SSSR count). The van der Waals surface area contributed by atoms with Gasteiger partial charge in [0.25, 0.3) is 0 Å². The number of nitrogens with zero attached hydrogens (tertiary/aromatic N) is 2. The molecule has 1 aliphatic heterocycles. The molecule has 3 N–H and O–H groups in total. The number of sulfonamides is 1. The molecule has 1 unspecified atom stereocenters. The molecule has 1 saturated heterocycles. The van der Waals surface area contributed by atoms with Gasteiger partial charge in [0.2, 0.25) is 10.0 Å². The van der Waals surface area contributed by atoms with Crippen LogP contribution in [0.4, 0.5) is 5.69 Å². The van der Waals surface area contributed by atoms with E-state index in [4.69, 9.17) is 5.14 Å². The van der Waals surface area contributed by atoms with E-state index in [1.807, 2.05) is 29.2 Å². The number of imidazole rings is 1. The highest BCUT2D eigenvalue weighted by Crippen LogP contribution is 2.34. The first-order chi connectivity index (χ1) is 13.6. The molecule has 1 fully saturated rings. The van der Waals surface area contributed by atoms with Gasteiger partial charge in [0.1, 0.15) is 5.82 Å². The number of H-pyrrole nitrogens is 1. The number of aromatic amines is 1. The molecule has 154 valence electrons. The van der Waals surface area contributed by atoms with Gasteiger partial charge in [0.05, 0.1) is 26.5 Å². The largest absolute Gasteiger partial charge is 0.370 e. The van der Waals surface area contributed by atoms with Crippen molar-refractivity contribution in [1.82, 2.24) is 9.97 Å². The van der Waals surface area contributed by atoms with E-state index < -0.39 is 19.9 Å². The molecule has 0 aliphatic carbocycles. The lowest BCUT2D eigenvalue weighted by Crippen LogP contribution is -2.35. The number of nitrogens with two attached hydrogens (primary N) is 1. The van der Waals surface area contributed by atoms with Crippen LogP contribution in [0.5, 0.6) is 0 Å². The number of nitrogens with one attached hydrogen (secondary N) is 1. The Hall–Kier alpha value is -2.43. The van der Waals surface area contributed by atoms with Crippen LogP contribution in [0.3, 0.4) is 0 Å². The number of anilines is 1. The SMILES string of the molecule is CS(=O)(=O)c1cc(S(N)(=O)=O)ccc1N1CCCC(c2nc3ccccc3[nH]2)C1. The molecular formula is C19H22N4O4S2. The second kappa shape index (κ2) is 7.12. The van der Waals surface area contributed by atoms with Gasteiger partial charge < -0.3 is 9.88 Å². The van der Waals surface area contributed by atoms with Crippen LogP contribution in [-0.4, -0.2) is 46.1 Å². The molecular weight excluding hydrogens is 412 g/mol. The molecule has 3 aromatic rings. The Kier molecular flexibility index (Phi) is 4.88. The second-order valence-corrected chi connectivity index (χ2v) is 10.9. The average Bonchev–Trinajstić information content (AvgIpc) is 3.10. The summed E-state index contributed by atoms with van der Waals surface area (Å²) in [6, 6.07) is 11.8. The number of para-hydroxylation sites is 2. The highest BCUT2D eigenvalue weighted by Gasteiger charge is 2.28. The van der Waals surface area contributed by atoms with Crippen LogP contribution in [0.1, 0.15) is 24.6 Å². The Bertz CT molecular complexity index is 1250. The minimum absolute atomic E-state index is 0.0331. The molecule has 1 aromatic heterocycles. The number of primary sulfonamides is 1. The van der Waals surface area contributed by atoms with E-state index in [9.17, 15) is 16.8 Å². The van der Waals surface area contributed by atoms with Crippen molar-refractivity contribution < 1.29 is 16.8 Å². The minimum Gasteiger partial charge on any atom is -0.370 e. The molecule has 1 aliphatic rings. The Morgan fingerprint density at radius 1 is 1.14 bits per heavy atom. The fourth-order valence-corrected chi connectivity index (χ4v) is 5.35. The van der Waals surface area contributed by atoms with Crippen LogP contribution in [0.25, 0.3) is 11.0 Å². The fourth-order valence-electron chi connectivity index (χ4n) is 3.81. The zero-order valence-electron chi connectivity index (χ0n) is 15.9. The molecule has 1 atom stereocenters. The Morgan fingerprint density at radius 2 is 1.90 bits per heavy atom. The number of piperidine rings is 1. The summed E-state index contributed by atoms with van der Waals surface area (Å²) < 4.78 is 48.1. The smallest absolute Gasteiger partial charge is 0.238 e. The third kappa shape index (κ3) is 4.00. The molecule has 0 saturated carbocycles. The monoisotopic (exact) mass is 434 g/mol. The molecule has 10 heteroatoms. The van der Waals surface area contributed by atoms with Crippen LogP contribution in [0.15, 0.2) is 52.3 Å². The maximum Gasteiger partial charge on any atom is 0.238 e. The number of hydrogen-bond acceptors (Lipinski definition) is 6. The summed E-state index contributed by atoms with van der Waals surface area (Å²) in [5.74, 6) is 0.986. The van der Waals surface area contributed by atoms with E-state index >= 15 is 0 Å². The first-order valence-corrected chi connectivity index (χ1v) is 12.6. The molecule has 0 amide bonds. The standard InChI is InChI=1S/C19H22N4O4S2/c1-28(24,25)18-11-14(29(20,26)27)8-9-17(18)23-10-4-5-13(12-23)19-21-15-6-2-3-7-16(15)22-19/h2-3,6-9,11,13H,4-5,10,12H2,1H3,(H,21,22)(H2,20,26,27). The van der Waals surface area contributed by atoms with E-state index in [1.165, 1.54) is 12.1 Å². The summed E-state index contributed by atoms with van der Waals surface area (Å²) in [4.78, 5) is 9.77. The quantitative estimate of drug-likeness (QED) is 0.647. The average molecular weight is 435 g/mol. The van der Waals surface area contributed by atoms with Gasteiger partial charge in [0.15, 0.2) is 9.84 Å². The van der Waals surface area contributed by atoms with Crippen molar-refractivity contribution in [3.8, 4) is 0 Å². The highest BCUT2D eigenvalue weighted by atomic mass is 32.2. The third-order valence-electron chi connectivity index (χ3n) is 5.22. The van der Waals surface area contributed by atoms with Gasteiger partial charge in [-0.3, -0.25) is 0 Å². The number of fused-ring (bicyclic) bond motifs is 1. The first-order valence-electron chi connectivity index (χ1n) is 9.19. The van der Waals surface area contributed by atoms with Crippen LogP contribution < -0.4 is 10.0 Å². The van der Waals surface area contributed by atoms with Gasteiger partial charge in [-0.05, 0) is 43.2 Å². The third-order valence-corrected chi connectivity index (χ3v) is 7.25. The van der Waals surface area contributed by atoms with E-state index in [-0.39, 0.29) is 15.7 Å². The maximum atomic E-state index is 12.4. The van der Waals surface area contributed by atoms with E-state index in [0.29, 0.717) is 18.8 Å². The summed E-state index contributed by atoms with van der Waals surface area (Å²) >= 11 is 0. The fraction of sp³-hybridized carbons (Fsp3) is 0.316. The van der Waals surface area contributed by atoms with Crippen molar-refractivity contribution in [1.29, 1.82) is 0 Å². The summed E-state index contributed by atoms with van der Waals surface area (Å²) in [6.45, 7) is 1.25. The number of aromatic nitrogens is 2. The Balaban J connectivity index is 1.71. The van der Waals surface area contributed by atoms with Crippen molar-refractivity contribution in [2.24, 2.45) is 5.14 Å². The molecule has 2 heterocycles. The zero-order valence-corrected chi connectivity index (χ0v) is 17.5. The first kappa shape index (κ1) is 19.9. The number of hydrogen-bond donors (Lipinski definition) is 2. The Morgan fingerprint density at radius 3 is 2.59 bits per heavy atom. The number of sulfone groups is 1. The van der Waals surface area contributed by atoms with Crippen molar-refractivity contribution in [3.05, 3.63) is 48.3 Å². The lowest BCUT2D eigenvalue weighted by Gasteiger charge is -2.34. The molecule has 0 bridgehead atoms. The van der Waals surface area contributed by atoms with Gasteiger partial charge in [-0.15, -0.1) is 0 Å². The summed E-state index contributed by atoms with van der Waals surface area (Å²) in [7, 11) is -7.65. The summed E-state index contributed by atoms with van der Waals surface area (Å²) in [6.07, 6.45) is 2.86. The van der Waals surface area contributed by atoms with Gasteiger partial charge in [-0.2, -0.15) is 0 Å². The minimum atomic E-state index is -4.00. The van der Waals surface area contributed by atoms with Gasteiger partial charge in [0, 0.05) is 25.3 Å². The van der Waals surface area contributed by atoms with Crippen molar-refractivity contribution >= 4 is 36.6 Å². The van der Waals surface area contributed by atoms with E-state index in [1.54, 1.807) is 0 Å². The van der Waals surface area contributed by atoms with E-state index in [0.717, 1.165) is 42.0 Å². The Labute approximate surface area is 169 Å². The predicted octanol–water partition coefficient (Wildman–Crippen LogP) is 2.00. The molecule has 29 heavy (non-hydrogen) atoms. The molecule has 8 nitrogen and oxygen atoms in total. The summed E-state index contributed by atoms with van der Waals surface area (Å²) in [5.41, 5.74) is 2.35. The molecule has 2 aromatic carbocycles. The zero-order chi connectivity index (χ0) is 20.8. The van der Waals surface area contributed by atoms with Crippen LogP contribution >= 0.6 is 0 Å². The van der Waals surface area contributed by atoms with Crippen molar-refractivity contribution in [2.45, 2.75) is 28.6 Å². The van der Waals surface area contributed by atoms with Gasteiger partial charge >= 0.3 is 0 Å². The van der Waals surface area contributed by atoms with E-state index in [2.05, 4.69) is 9.97 Å². The lowest BCUT2D eigenvalue weighted by atomic mass is 9.97. The topological polar surface area (TPSA) is 126 Å². The van der Waals surface area contributed by atoms with Crippen LogP contribution in [0, 0.1) is 0 Å². The van der Waals surface area contributed by atoms with Crippen molar-refractivity contribution in [2.75, 3.05) is 24.2 Å². The van der Waals surface area contributed by atoms with Gasteiger partial charge in [-0.1, -0.05) is 12.1 Å². The molecule has 0 radical (unpaired) electrons.